The van der Waals surface area contributed by atoms with E-state index in [1.54, 1.807) is 0 Å². The maximum absolute atomic E-state index is 5.47. The molecule has 0 aliphatic carbocycles. The van der Waals surface area contributed by atoms with Gasteiger partial charge in [-0.1, -0.05) is 0 Å². The fourth-order valence-electron chi connectivity index (χ4n) is 0.591. The molecule has 0 saturated carbocycles. The summed E-state index contributed by atoms with van der Waals surface area (Å²) >= 11 is 4.64. The first kappa shape index (κ1) is 8.18. The second-order valence-corrected chi connectivity index (χ2v) is 2.27. The van der Waals surface area contributed by atoms with Crippen molar-refractivity contribution in [2.75, 3.05) is 18.1 Å². The van der Waals surface area contributed by atoms with Crippen LogP contribution in [-0.2, 0) is 0 Å². The van der Waals surface area contributed by atoms with Crippen LogP contribution < -0.4 is 16.6 Å². The van der Waals surface area contributed by atoms with E-state index in [1.807, 2.05) is 0 Å². The molecule has 0 aromatic carbocycles. The van der Waals surface area contributed by atoms with Crippen molar-refractivity contribution in [3.63, 3.8) is 0 Å². The minimum absolute atomic E-state index is 0.201. The first-order valence-corrected chi connectivity index (χ1v) is 3.43. The summed E-state index contributed by atoms with van der Waals surface area (Å²) in [6.07, 6.45) is 0. The van der Waals surface area contributed by atoms with E-state index in [4.69, 9.17) is 11.6 Å². The largest absolute Gasteiger partial charge is 0.329 e. The molecule has 1 heterocycles. The SMILES string of the molecule is NCCN(N)c1noc(=S)[nH]1. The Hall–Kier alpha value is -0.920. The van der Waals surface area contributed by atoms with Crippen LogP contribution >= 0.6 is 12.2 Å². The summed E-state index contributed by atoms with van der Waals surface area (Å²) in [5, 5.41) is 4.88. The summed E-state index contributed by atoms with van der Waals surface area (Å²) in [7, 11) is 0. The Balaban J connectivity index is 2.68. The number of nitrogens with one attached hydrogen (secondary N) is 1. The Kier molecular flexibility index (Phi) is 2.58. The lowest BCUT2D eigenvalue weighted by molar-refractivity contribution is 0.404. The molecule has 1 rings (SSSR count). The predicted molar refractivity (Wildman–Crippen MR) is 42.3 cm³/mol. The van der Waals surface area contributed by atoms with Crippen molar-refractivity contribution in [3.8, 4) is 0 Å². The van der Waals surface area contributed by atoms with Crippen LogP contribution in [0.2, 0.25) is 0 Å². The molecule has 11 heavy (non-hydrogen) atoms. The van der Waals surface area contributed by atoms with Crippen LogP contribution in [0.5, 0.6) is 0 Å². The Morgan fingerprint density at radius 2 is 2.45 bits per heavy atom. The molecule has 0 aliphatic heterocycles. The molecule has 5 N–H and O–H groups in total. The molecule has 0 bridgehead atoms. The molecule has 0 radical (unpaired) electrons. The number of hydrazine groups is 1. The van der Waals surface area contributed by atoms with Crippen LogP contribution in [0.4, 0.5) is 5.95 Å². The lowest BCUT2D eigenvalue weighted by atomic mass is 10.6. The highest BCUT2D eigenvalue weighted by Crippen LogP contribution is 2.00. The van der Waals surface area contributed by atoms with Gasteiger partial charge in [-0.15, -0.1) is 0 Å². The second kappa shape index (κ2) is 3.46. The van der Waals surface area contributed by atoms with Crippen molar-refractivity contribution >= 4 is 18.2 Å². The molecule has 0 spiro atoms. The van der Waals surface area contributed by atoms with Crippen molar-refractivity contribution < 1.29 is 4.52 Å². The fraction of sp³-hybridized carbons (Fsp3) is 0.500. The Morgan fingerprint density at radius 3 is 2.91 bits per heavy atom. The van der Waals surface area contributed by atoms with Crippen LogP contribution in [0.1, 0.15) is 0 Å². The molecule has 0 atom stereocenters. The minimum Gasteiger partial charge on any atom is -0.329 e. The third kappa shape index (κ3) is 2.00. The highest BCUT2D eigenvalue weighted by molar-refractivity contribution is 7.71. The summed E-state index contributed by atoms with van der Waals surface area (Å²) in [5.41, 5.74) is 5.25. The van der Waals surface area contributed by atoms with Crippen molar-refractivity contribution in [2.24, 2.45) is 11.6 Å². The summed E-state index contributed by atoms with van der Waals surface area (Å²) in [6.45, 7) is 0.946. The minimum atomic E-state index is 0.201. The maximum atomic E-state index is 5.47. The molecule has 0 saturated heterocycles. The van der Waals surface area contributed by atoms with Crippen molar-refractivity contribution in [3.05, 3.63) is 4.84 Å². The molecular formula is C4H9N5OS. The molecule has 0 unspecified atom stereocenters. The zero-order chi connectivity index (χ0) is 8.27. The number of hydrogen-bond donors (Lipinski definition) is 3. The van der Waals surface area contributed by atoms with E-state index in [-0.39, 0.29) is 4.84 Å². The number of nitrogens with zero attached hydrogens (tertiary/aromatic N) is 2. The second-order valence-electron chi connectivity index (χ2n) is 1.90. The molecule has 0 amide bonds. The van der Waals surface area contributed by atoms with Gasteiger partial charge in [0.15, 0.2) is 0 Å². The van der Waals surface area contributed by atoms with Gasteiger partial charge in [-0.2, -0.15) is 0 Å². The van der Waals surface area contributed by atoms with Gasteiger partial charge in [0, 0.05) is 13.1 Å². The van der Waals surface area contributed by atoms with E-state index in [1.165, 1.54) is 5.01 Å². The van der Waals surface area contributed by atoms with E-state index in [9.17, 15) is 0 Å². The third-order valence-electron chi connectivity index (χ3n) is 1.07. The highest BCUT2D eigenvalue weighted by atomic mass is 32.1. The van der Waals surface area contributed by atoms with E-state index in [0.717, 1.165) is 0 Å². The number of anilines is 1. The molecule has 0 aliphatic rings. The normalized spacial score (nSPS) is 10.0. The van der Waals surface area contributed by atoms with Gasteiger partial charge in [-0.25, -0.2) is 5.84 Å². The molecule has 1 aromatic rings. The molecule has 0 fully saturated rings. The van der Waals surface area contributed by atoms with Gasteiger partial charge in [0.05, 0.1) is 0 Å². The first-order valence-electron chi connectivity index (χ1n) is 3.02. The summed E-state index contributed by atoms with van der Waals surface area (Å²) in [6, 6.07) is 0. The summed E-state index contributed by atoms with van der Waals surface area (Å²) in [4.78, 5) is 2.84. The van der Waals surface area contributed by atoms with E-state index in [2.05, 4.69) is 26.9 Å². The zero-order valence-electron chi connectivity index (χ0n) is 5.78. The van der Waals surface area contributed by atoms with Crippen LogP contribution in [0, 0.1) is 4.84 Å². The maximum Gasteiger partial charge on any atom is 0.296 e. The number of rotatable bonds is 3. The quantitative estimate of drug-likeness (QED) is 0.321. The molecule has 6 nitrogen and oxygen atoms in total. The van der Waals surface area contributed by atoms with Crippen LogP contribution in [0.15, 0.2) is 4.52 Å². The zero-order valence-corrected chi connectivity index (χ0v) is 6.60. The van der Waals surface area contributed by atoms with Gasteiger partial charge in [-0.3, -0.25) is 9.99 Å². The topological polar surface area (TPSA) is 97.1 Å². The van der Waals surface area contributed by atoms with Gasteiger partial charge >= 0.3 is 0 Å². The smallest absolute Gasteiger partial charge is 0.296 e. The lowest BCUT2D eigenvalue weighted by Gasteiger charge is -2.11. The van der Waals surface area contributed by atoms with Gasteiger partial charge in [0.2, 0.25) is 0 Å². The van der Waals surface area contributed by atoms with Gasteiger partial charge in [-0.05, 0) is 17.4 Å². The number of aromatic amines is 1. The van der Waals surface area contributed by atoms with Crippen molar-refractivity contribution in [2.45, 2.75) is 0 Å². The Bertz CT molecular complexity index is 267. The molecule has 7 heteroatoms. The third-order valence-corrected chi connectivity index (χ3v) is 1.25. The van der Waals surface area contributed by atoms with E-state index < -0.39 is 0 Å². The van der Waals surface area contributed by atoms with E-state index in [0.29, 0.717) is 19.0 Å². The Labute approximate surface area is 68.1 Å². The number of hydrogen-bond acceptors (Lipinski definition) is 6. The van der Waals surface area contributed by atoms with Gasteiger partial charge in [0.1, 0.15) is 0 Å². The number of H-pyrrole nitrogens is 1. The van der Waals surface area contributed by atoms with Gasteiger partial charge < -0.3 is 10.3 Å². The Morgan fingerprint density at radius 1 is 1.73 bits per heavy atom. The average molecular weight is 175 g/mol. The van der Waals surface area contributed by atoms with Crippen molar-refractivity contribution in [1.82, 2.24) is 10.1 Å². The number of aromatic nitrogens is 2. The predicted octanol–water partition coefficient (Wildman–Crippen LogP) is -0.629. The highest BCUT2D eigenvalue weighted by Gasteiger charge is 2.03. The average Bonchev–Trinajstić information content (AvgIpc) is 2.36. The van der Waals surface area contributed by atoms with Crippen LogP contribution in [0.25, 0.3) is 0 Å². The lowest BCUT2D eigenvalue weighted by Crippen LogP contribution is -2.36. The van der Waals surface area contributed by atoms with Crippen LogP contribution in [0.3, 0.4) is 0 Å². The van der Waals surface area contributed by atoms with Crippen molar-refractivity contribution in [1.29, 1.82) is 0 Å². The standard InChI is InChI=1S/C4H9N5OS/c5-1-2-9(6)3-7-4(11)10-8-3/h1-2,5-6H2,(H,7,8,11). The molecule has 1 aromatic heterocycles. The van der Waals surface area contributed by atoms with Gasteiger partial charge in [0.25, 0.3) is 10.8 Å². The summed E-state index contributed by atoms with van der Waals surface area (Å²) in [5.74, 6) is 5.86. The number of nitrogens with two attached hydrogens (primary N) is 2. The van der Waals surface area contributed by atoms with E-state index >= 15 is 0 Å². The fourth-order valence-corrected chi connectivity index (χ4v) is 0.719. The van der Waals surface area contributed by atoms with Crippen LogP contribution in [-0.4, -0.2) is 23.2 Å². The molecular weight excluding hydrogens is 166 g/mol. The molecule has 62 valence electrons. The monoisotopic (exact) mass is 175 g/mol. The summed E-state index contributed by atoms with van der Waals surface area (Å²) < 4.78 is 4.58. The first-order chi connectivity index (χ1) is 5.24.